The van der Waals surface area contributed by atoms with Crippen molar-refractivity contribution in [1.29, 1.82) is 0 Å². The Morgan fingerprint density at radius 3 is 2.54 bits per heavy atom. The van der Waals surface area contributed by atoms with E-state index < -0.39 is 11.7 Å². The Kier molecular flexibility index (Phi) is 6.07. The average molecular weight is 375 g/mol. The van der Waals surface area contributed by atoms with Crippen LogP contribution in [0.2, 0.25) is 5.02 Å². The zero-order valence-electron chi connectivity index (χ0n) is 12.7. The van der Waals surface area contributed by atoms with Crippen LogP contribution in [0.1, 0.15) is 17.5 Å². The van der Waals surface area contributed by atoms with Crippen LogP contribution in [0, 0.1) is 0 Å². The Morgan fingerprint density at radius 1 is 1.17 bits per heavy atom. The number of thiocarbonyl (C=S) groups is 1. The van der Waals surface area contributed by atoms with Gasteiger partial charge in [0.15, 0.2) is 5.05 Å². The summed E-state index contributed by atoms with van der Waals surface area (Å²) in [6, 6.07) is 10.2. The maximum atomic E-state index is 12.6. The van der Waals surface area contributed by atoms with Gasteiger partial charge in [-0.2, -0.15) is 13.2 Å². The number of hydrogen-bond acceptors (Lipinski definition) is 3. The summed E-state index contributed by atoms with van der Waals surface area (Å²) in [6.07, 6.45) is -3.18. The third kappa shape index (κ3) is 5.11. The molecule has 2 rings (SSSR count). The molecule has 0 saturated heterocycles. The third-order valence-corrected chi connectivity index (χ3v) is 3.90. The largest absolute Gasteiger partial charge is 0.490 e. The summed E-state index contributed by atoms with van der Waals surface area (Å²) >= 11 is 10.9. The summed E-state index contributed by atoms with van der Waals surface area (Å²) < 4.78 is 48.4. The molecule has 0 aliphatic rings. The van der Waals surface area contributed by atoms with Gasteiger partial charge in [-0.3, -0.25) is 0 Å². The van der Waals surface area contributed by atoms with Crippen LogP contribution in [-0.4, -0.2) is 12.2 Å². The highest BCUT2D eigenvalue weighted by molar-refractivity contribution is 7.80. The number of alkyl halides is 3. The summed E-state index contributed by atoms with van der Waals surface area (Å²) in [5.41, 5.74) is 0.150. The molecule has 0 aliphatic carbocycles. The fourth-order valence-corrected chi connectivity index (χ4v) is 2.32. The van der Waals surface area contributed by atoms with Gasteiger partial charge < -0.3 is 9.47 Å². The lowest BCUT2D eigenvalue weighted by molar-refractivity contribution is -0.137. The zero-order chi connectivity index (χ0) is 17.7. The van der Waals surface area contributed by atoms with Crippen molar-refractivity contribution in [2.24, 2.45) is 0 Å². The van der Waals surface area contributed by atoms with E-state index in [2.05, 4.69) is 0 Å². The van der Waals surface area contributed by atoms with Gasteiger partial charge in [-0.25, -0.2) is 0 Å². The van der Waals surface area contributed by atoms with Crippen LogP contribution in [-0.2, 0) is 17.3 Å². The molecule has 0 aromatic heterocycles. The molecule has 0 heterocycles. The van der Waals surface area contributed by atoms with E-state index in [1.54, 1.807) is 18.2 Å². The number of aryl methyl sites for hydroxylation is 1. The van der Waals surface area contributed by atoms with E-state index in [4.69, 9.17) is 33.3 Å². The molecular formula is C17H14ClF3O2S. The Hall–Kier alpha value is -1.79. The van der Waals surface area contributed by atoms with Crippen molar-refractivity contribution in [2.45, 2.75) is 19.0 Å². The van der Waals surface area contributed by atoms with Crippen molar-refractivity contribution >= 4 is 28.9 Å². The van der Waals surface area contributed by atoms with E-state index in [1.807, 2.05) is 6.07 Å². The molecule has 0 amide bonds. The van der Waals surface area contributed by atoms with Crippen molar-refractivity contribution in [3.8, 4) is 11.5 Å². The Morgan fingerprint density at radius 2 is 1.92 bits per heavy atom. The highest BCUT2D eigenvalue weighted by atomic mass is 35.5. The first-order valence-corrected chi connectivity index (χ1v) is 7.78. The van der Waals surface area contributed by atoms with Gasteiger partial charge in [-0.05, 0) is 54.5 Å². The lowest BCUT2D eigenvalue weighted by Gasteiger charge is -2.12. The van der Waals surface area contributed by atoms with E-state index in [1.165, 1.54) is 13.2 Å². The highest BCUT2D eigenvalue weighted by Crippen LogP contribution is 2.36. The quantitative estimate of drug-likeness (QED) is 0.593. The SMILES string of the molecule is COC(=S)CCc1cccc(Oc2ccc(C(F)(F)F)cc2Cl)c1. The lowest BCUT2D eigenvalue weighted by atomic mass is 10.1. The molecule has 2 nitrogen and oxygen atoms in total. The smallest absolute Gasteiger partial charge is 0.416 e. The minimum Gasteiger partial charge on any atom is -0.490 e. The molecule has 0 spiro atoms. The lowest BCUT2D eigenvalue weighted by Crippen LogP contribution is -2.04. The van der Waals surface area contributed by atoms with Gasteiger partial charge in [0, 0.05) is 6.42 Å². The second kappa shape index (κ2) is 7.85. The van der Waals surface area contributed by atoms with E-state index in [-0.39, 0.29) is 10.8 Å². The number of methoxy groups -OCH3 is 1. The number of halogens is 4. The van der Waals surface area contributed by atoms with Crippen molar-refractivity contribution in [2.75, 3.05) is 7.11 Å². The van der Waals surface area contributed by atoms with E-state index >= 15 is 0 Å². The van der Waals surface area contributed by atoms with E-state index in [0.29, 0.717) is 23.6 Å². The fourth-order valence-electron chi connectivity index (χ4n) is 2.00. The molecule has 0 atom stereocenters. The van der Waals surface area contributed by atoms with Crippen LogP contribution >= 0.6 is 23.8 Å². The Balaban J connectivity index is 2.12. The molecule has 0 aliphatic heterocycles. The molecule has 0 saturated carbocycles. The summed E-state index contributed by atoms with van der Waals surface area (Å²) in [5.74, 6) is 0.645. The Bertz CT molecular complexity index is 732. The first-order chi connectivity index (χ1) is 11.3. The molecular weight excluding hydrogens is 361 g/mol. The van der Waals surface area contributed by atoms with Gasteiger partial charge in [0.05, 0.1) is 17.7 Å². The van der Waals surface area contributed by atoms with Crippen LogP contribution in [0.3, 0.4) is 0 Å². The van der Waals surface area contributed by atoms with Crippen LogP contribution in [0.25, 0.3) is 0 Å². The maximum absolute atomic E-state index is 12.6. The number of benzene rings is 2. The maximum Gasteiger partial charge on any atom is 0.416 e. The summed E-state index contributed by atoms with van der Waals surface area (Å²) in [7, 11) is 1.52. The Labute approximate surface area is 148 Å². The normalized spacial score (nSPS) is 11.2. The van der Waals surface area contributed by atoms with Crippen LogP contribution in [0.5, 0.6) is 11.5 Å². The van der Waals surface area contributed by atoms with Crippen LogP contribution in [0.4, 0.5) is 13.2 Å². The highest BCUT2D eigenvalue weighted by Gasteiger charge is 2.31. The van der Waals surface area contributed by atoms with Gasteiger partial charge in [0.1, 0.15) is 11.5 Å². The molecule has 0 fully saturated rings. The first-order valence-electron chi connectivity index (χ1n) is 7.00. The molecule has 0 radical (unpaired) electrons. The van der Waals surface area contributed by atoms with Gasteiger partial charge in [0.2, 0.25) is 0 Å². The summed E-state index contributed by atoms with van der Waals surface area (Å²) in [4.78, 5) is 0. The van der Waals surface area contributed by atoms with Crippen molar-refractivity contribution < 1.29 is 22.6 Å². The van der Waals surface area contributed by atoms with Gasteiger partial charge in [-0.1, -0.05) is 23.7 Å². The van der Waals surface area contributed by atoms with E-state index in [9.17, 15) is 13.2 Å². The van der Waals surface area contributed by atoms with E-state index in [0.717, 1.165) is 17.7 Å². The summed E-state index contributed by atoms with van der Waals surface area (Å²) in [5, 5.41) is 0.405. The molecule has 128 valence electrons. The molecule has 24 heavy (non-hydrogen) atoms. The molecule has 7 heteroatoms. The van der Waals surface area contributed by atoms with Crippen molar-refractivity contribution in [3.63, 3.8) is 0 Å². The van der Waals surface area contributed by atoms with Gasteiger partial charge in [0.25, 0.3) is 0 Å². The molecule has 2 aromatic rings. The third-order valence-electron chi connectivity index (χ3n) is 3.23. The minimum atomic E-state index is -4.44. The zero-order valence-corrected chi connectivity index (χ0v) is 14.3. The topological polar surface area (TPSA) is 18.5 Å². The molecule has 0 bridgehead atoms. The predicted molar refractivity (Wildman–Crippen MR) is 90.9 cm³/mol. The molecule has 0 unspecified atom stereocenters. The fraction of sp³-hybridized carbons (Fsp3) is 0.235. The van der Waals surface area contributed by atoms with Crippen molar-refractivity contribution in [1.82, 2.24) is 0 Å². The number of rotatable bonds is 5. The second-order valence-corrected chi connectivity index (χ2v) is 5.83. The summed E-state index contributed by atoms with van der Waals surface area (Å²) in [6.45, 7) is 0. The molecule has 0 N–H and O–H groups in total. The second-order valence-electron chi connectivity index (χ2n) is 4.97. The van der Waals surface area contributed by atoms with Gasteiger partial charge in [-0.15, -0.1) is 0 Å². The van der Waals surface area contributed by atoms with Crippen LogP contribution in [0.15, 0.2) is 42.5 Å². The standard InChI is InChI=1S/C17H14ClF3O2S/c1-22-16(24)8-5-11-3-2-4-13(9-11)23-15-7-6-12(10-14(15)18)17(19,20)21/h2-4,6-7,9-10H,5,8H2,1H3. The first kappa shape index (κ1) is 18.5. The van der Waals surface area contributed by atoms with Gasteiger partial charge >= 0.3 is 6.18 Å². The number of ether oxygens (including phenoxy) is 2. The number of hydrogen-bond donors (Lipinski definition) is 0. The predicted octanol–water partition coefficient (Wildman–Crippen LogP) is 6.06. The van der Waals surface area contributed by atoms with Crippen LogP contribution < -0.4 is 4.74 Å². The van der Waals surface area contributed by atoms with Crippen molar-refractivity contribution in [3.05, 3.63) is 58.6 Å². The average Bonchev–Trinajstić information content (AvgIpc) is 2.54. The monoisotopic (exact) mass is 374 g/mol. The minimum absolute atomic E-state index is 0.101. The molecule has 2 aromatic carbocycles.